The van der Waals surface area contributed by atoms with E-state index in [0.717, 1.165) is 0 Å². The van der Waals surface area contributed by atoms with Gasteiger partial charge in [-0.3, -0.25) is 0 Å². The minimum atomic E-state index is -1.10. The van der Waals surface area contributed by atoms with E-state index in [1.165, 1.54) is 0 Å². The summed E-state index contributed by atoms with van der Waals surface area (Å²) in [6.07, 6.45) is 3.96. The second-order valence-electron chi connectivity index (χ2n) is 2.29. The highest BCUT2D eigenvalue weighted by molar-refractivity contribution is 5.64. The summed E-state index contributed by atoms with van der Waals surface area (Å²) >= 11 is 0. The maximum absolute atomic E-state index is 9.89. The molecular formula is C8H10O4-2. The van der Waals surface area contributed by atoms with Crippen LogP contribution in [0.4, 0.5) is 0 Å². The fraction of sp³-hybridized carbons (Fsp3) is 0.500. The van der Waals surface area contributed by atoms with Crippen LogP contribution >= 0.6 is 0 Å². The monoisotopic (exact) mass is 170 g/mol. The maximum Gasteiger partial charge on any atom is 0.0417 e. The number of carbonyl (C=O) groups is 2. The van der Waals surface area contributed by atoms with E-state index in [4.69, 9.17) is 0 Å². The van der Waals surface area contributed by atoms with Gasteiger partial charge < -0.3 is 19.8 Å². The van der Waals surface area contributed by atoms with E-state index in [0.29, 0.717) is 12.8 Å². The molecule has 0 aromatic rings. The summed E-state index contributed by atoms with van der Waals surface area (Å²) in [5.41, 5.74) is 0. The largest absolute Gasteiger partial charge is 0.550 e. The molecule has 0 aromatic heterocycles. The molecule has 0 rings (SSSR count). The summed E-state index contributed by atoms with van der Waals surface area (Å²) in [6, 6.07) is 0. The van der Waals surface area contributed by atoms with Crippen LogP contribution in [0, 0.1) is 0 Å². The Kier molecular flexibility index (Phi) is 5.69. The Balaban J connectivity index is 3.26. The summed E-state index contributed by atoms with van der Waals surface area (Å²) < 4.78 is 0. The zero-order chi connectivity index (χ0) is 9.40. The second kappa shape index (κ2) is 6.39. The molecule has 0 unspecified atom stereocenters. The van der Waals surface area contributed by atoms with Gasteiger partial charge in [-0.05, 0) is 25.7 Å². The number of allylic oxidation sites excluding steroid dienone is 2. The Hall–Kier alpha value is -1.32. The first-order chi connectivity index (χ1) is 5.63. The van der Waals surface area contributed by atoms with E-state index < -0.39 is 11.9 Å². The van der Waals surface area contributed by atoms with Crippen LogP contribution in [0.2, 0.25) is 0 Å². The average molecular weight is 170 g/mol. The molecule has 0 spiro atoms. The van der Waals surface area contributed by atoms with Crippen molar-refractivity contribution in [1.82, 2.24) is 0 Å². The molecule has 4 nitrogen and oxygen atoms in total. The van der Waals surface area contributed by atoms with Gasteiger partial charge in [-0.25, -0.2) is 0 Å². The van der Waals surface area contributed by atoms with Crippen molar-refractivity contribution in [2.24, 2.45) is 0 Å². The molecule has 12 heavy (non-hydrogen) atoms. The van der Waals surface area contributed by atoms with Crippen LogP contribution in [0.5, 0.6) is 0 Å². The third-order valence-corrected chi connectivity index (χ3v) is 1.20. The van der Waals surface area contributed by atoms with Gasteiger partial charge in [-0.15, -0.1) is 0 Å². The lowest BCUT2D eigenvalue weighted by atomic mass is 10.2. The Bertz CT molecular complexity index is 163. The van der Waals surface area contributed by atoms with Crippen molar-refractivity contribution in [3.05, 3.63) is 12.2 Å². The van der Waals surface area contributed by atoms with Crippen LogP contribution in [0.25, 0.3) is 0 Å². The maximum atomic E-state index is 9.89. The van der Waals surface area contributed by atoms with Crippen molar-refractivity contribution >= 4 is 11.9 Å². The molecule has 0 fully saturated rings. The number of carbonyl (C=O) groups excluding carboxylic acids is 2. The molecule has 0 aromatic carbocycles. The highest BCUT2D eigenvalue weighted by Crippen LogP contribution is 1.93. The van der Waals surface area contributed by atoms with Gasteiger partial charge in [-0.2, -0.15) is 0 Å². The molecule has 0 saturated carbocycles. The van der Waals surface area contributed by atoms with Crippen LogP contribution in [-0.2, 0) is 9.59 Å². The van der Waals surface area contributed by atoms with Gasteiger partial charge in [0.15, 0.2) is 0 Å². The SMILES string of the molecule is O=C([O-])CC/C=C/CCC(=O)[O-]. The Morgan fingerprint density at radius 2 is 1.25 bits per heavy atom. The smallest absolute Gasteiger partial charge is 0.0417 e. The summed E-state index contributed by atoms with van der Waals surface area (Å²) in [5, 5.41) is 19.8. The predicted molar refractivity (Wildman–Crippen MR) is 37.6 cm³/mol. The zero-order valence-electron chi connectivity index (χ0n) is 6.62. The van der Waals surface area contributed by atoms with Gasteiger partial charge in [0.25, 0.3) is 0 Å². The first-order valence-electron chi connectivity index (χ1n) is 3.67. The number of carboxylic acid groups (broad SMARTS) is 2. The van der Waals surface area contributed by atoms with Gasteiger partial charge in [-0.1, -0.05) is 12.2 Å². The fourth-order valence-electron chi connectivity index (χ4n) is 0.638. The predicted octanol–water partition coefficient (Wildman–Crippen LogP) is -1.40. The lowest BCUT2D eigenvalue weighted by Crippen LogP contribution is -2.21. The molecule has 68 valence electrons. The molecular weight excluding hydrogens is 160 g/mol. The van der Waals surface area contributed by atoms with E-state index in [-0.39, 0.29) is 12.8 Å². The Labute approximate surface area is 70.5 Å². The molecule has 0 radical (unpaired) electrons. The highest BCUT2D eigenvalue weighted by atomic mass is 16.4. The second-order valence-corrected chi connectivity index (χ2v) is 2.29. The minimum absolute atomic E-state index is 0.0260. The van der Waals surface area contributed by atoms with Gasteiger partial charge >= 0.3 is 0 Å². The molecule has 0 bridgehead atoms. The van der Waals surface area contributed by atoms with Crippen LogP contribution < -0.4 is 10.2 Å². The van der Waals surface area contributed by atoms with Crippen LogP contribution in [0.3, 0.4) is 0 Å². The lowest BCUT2D eigenvalue weighted by molar-refractivity contribution is -0.307. The summed E-state index contributed by atoms with van der Waals surface area (Å²) in [7, 11) is 0. The fourth-order valence-corrected chi connectivity index (χ4v) is 0.638. The van der Waals surface area contributed by atoms with Crippen LogP contribution in [0.1, 0.15) is 25.7 Å². The number of rotatable bonds is 6. The van der Waals surface area contributed by atoms with Crippen LogP contribution in [0.15, 0.2) is 12.2 Å². The third-order valence-electron chi connectivity index (χ3n) is 1.20. The van der Waals surface area contributed by atoms with E-state index in [1.54, 1.807) is 12.2 Å². The number of hydrogen-bond acceptors (Lipinski definition) is 4. The molecule has 4 heteroatoms. The van der Waals surface area contributed by atoms with Crippen molar-refractivity contribution in [1.29, 1.82) is 0 Å². The Morgan fingerprint density at radius 1 is 0.917 bits per heavy atom. The summed E-state index contributed by atoms with van der Waals surface area (Å²) in [4.78, 5) is 19.8. The molecule has 0 atom stereocenters. The third kappa shape index (κ3) is 8.68. The van der Waals surface area contributed by atoms with E-state index in [2.05, 4.69) is 0 Å². The number of aliphatic carboxylic acids is 2. The molecule has 0 aliphatic heterocycles. The van der Waals surface area contributed by atoms with E-state index in [9.17, 15) is 19.8 Å². The van der Waals surface area contributed by atoms with Gasteiger partial charge in [0.2, 0.25) is 0 Å². The van der Waals surface area contributed by atoms with Gasteiger partial charge in [0.05, 0.1) is 0 Å². The quantitative estimate of drug-likeness (QED) is 0.459. The standard InChI is InChI=1S/C8H12O4/c9-7(10)5-3-1-2-4-6-8(11)12/h1-2H,3-6H2,(H,9,10)(H,11,12)/p-2/b2-1+. The lowest BCUT2D eigenvalue weighted by Gasteiger charge is -1.97. The summed E-state index contributed by atoms with van der Waals surface area (Å²) in [5.74, 6) is -2.20. The molecule has 0 N–H and O–H groups in total. The normalized spacial score (nSPS) is 10.3. The molecule has 0 aliphatic rings. The van der Waals surface area contributed by atoms with Crippen molar-refractivity contribution in [2.75, 3.05) is 0 Å². The van der Waals surface area contributed by atoms with Crippen molar-refractivity contribution in [3.8, 4) is 0 Å². The van der Waals surface area contributed by atoms with Crippen molar-refractivity contribution < 1.29 is 19.8 Å². The summed E-state index contributed by atoms with van der Waals surface area (Å²) in [6.45, 7) is 0. The highest BCUT2D eigenvalue weighted by Gasteiger charge is 1.83. The zero-order valence-corrected chi connectivity index (χ0v) is 6.62. The van der Waals surface area contributed by atoms with Crippen molar-refractivity contribution in [3.63, 3.8) is 0 Å². The number of carboxylic acids is 2. The first-order valence-corrected chi connectivity index (χ1v) is 3.67. The Morgan fingerprint density at radius 3 is 1.50 bits per heavy atom. The van der Waals surface area contributed by atoms with Crippen LogP contribution in [-0.4, -0.2) is 11.9 Å². The first kappa shape index (κ1) is 10.7. The van der Waals surface area contributed by atoms with Gasteiger partial charge in [0, 0.05) is 11.9 Å². The molecule has 0 saturated heterocycles. The van der Waals surface area contributed by atoms with Gasteiger partial charge in [0.1, 0.15) is 0 Å². The molecule has 0 aliphatic carbocycles. The van der Waals surface area contributed by atoms with E-state index in [1.807, 2.05) is 0 Å². The molecule has 0 amide bonds. The molecule has 0 heterocycles. The van der Waals surface area contributed by atoms with E-state index >= 15 is 0 Å². The average Bonchev–Trinajstić information content (AvgIpc) is 1.95. The topological polar surface area (TPSA) is 80.3 Å². The van der Waals surface area contributed by atoms with Crippen molar-refractivity contribution in [2.45, 2.75) is 25.7 Å². The minimum Gasteiger partial charge on any atom is -0.550 e. The number of hydrogen-bond donors (Lipinski definition) is 0.